The van der Waals surface area contributed by atoms with E-state index in [0.29, 0.717) is 25.9 Å². The summed E-state index contributed by atoms with van der Waals surface area (Å²) in [7, 11) is -2.97. The first-order chi connectivity index (χ1) is 7.96. The Morgan fingerprint density at radius 3 is 2.65 bits per heavy atom. The number of nitrogens with zero attached hydrogens (tertiary/aromatic N) is 1. The van der Waals surface area contributed by atoms with E-state index >= 15 is 0 Å². The molecule has 0 bridgehead atoms. The summed E-state index contributed by atoms with van der Waals surface area (Å²) in [6.45, 7) is 2.94. The van der Waals surface area contributed by atoms with Crippen molar-refractivity contribution in [3.05, 3.63) is 0 Å². The third kappa shape index (κ3) is 4.63. The zero-order valence-corrected chi connectivity index (χ0v) is 11.1. The number of sulfone groups is 1. The number of rotatable bonds is 5. The van der Waals surface area contributed by atoms with Crippen molar-refractivity contribution in [2.24, 2.45) is 0 Å². The Morgan fingerprint density at radius 2 is 2.06 bits per heavy atom. The van der Waals surface area contributed by atoms with Gasteiger partial charge in [0, 0.05) is 6.54 Å². The van der Waals surface area contributed by atoms with Gasteiger partial charge < -0.3 is 5.11 Å². The number of carboxylic acid groups (broad SMARTS) is 1. The minimum atomic E-state index is -2.97. The van der Waals surface area contributed by atoms with Crippen LogP contribution >= 0.6 is 0 Å². The zero-order valence-electron chi connectivity index (χ0n) is 10.3. The first-order valence-corrected chi connectivity index (χ1v) is 7.95. The van der Waals surface area contributed by atoms with Crippen molar-refractivity contribution < 1.29 is 18.3 Å². The lowest BCUT2D eigenvalue weighted by molar-refractivity contribution is -0.143. The van der Waals surface area contributed by atoms with Gasteiger partial charge in [0.1, 0.15) is 6.04 Å². The topological polar surface area (TPSA) is 74.7 Å². The maximum absolute atomic E-state index is 11.4. The first-order valence-electron chi connectivity index (χ1n) is 6.13. The normalized spacial score (nSPS) is 22.9. The summed E-state index contributed by atoms with van der Waals surface area (Å²) < 4.78 is 22.9. The van der Waals surface area contributed by atoms with Gasteiger partial charge in [-0.25, -0.2) is 8.42 Å². The number of carboxylic acids is 1. The van der Waals surface area contributed by atoms with Crippen LogP contribution in [-0.4, -0.2) is 55.0 Å². The second-order valence-electron chi connectivity index (χ2n) is 4.54. The maximum atomic E-state index is 11.4. The van der Waals surface area contributed by atoms with E-state index in [1.54, 1.807) is 0 Å². The summed E-state index contributed by atoms with van der Waals surface area (Å²) in [4.78, 5) is 13.0. The number of carbonyl (C=O) groups is 1. The molecule has 100 valence electrons. The van der Waals surface area contributed by atoms with E-state index in [2.05, 4.69) is 0 Å². The highest BCUT2D eigenvalue weighted by atomic mass is 32.2. The molecule has 0 amide bonds. The van der Waals surface area contributed by atoms with Crippen molar-refractivity contribution in [2.45, 2.75) is 38.6 Å². The number of hydrogen-bond donors (Lipinski definition) is 1. The molecule has 1 rings (SSSR count). The van der Waals surface area contributed by atoms with Crippen molar-refractivity contribution in [2.75, 3.05) is 24.6 Å². The summed E-state index contributed by atoms with van der Waals surface area (Å²) in [5.41, 5.74) is 0. The Kier molecular flexibility index (Phi) is 5.39. The molecule has 1 atom stereocenters. The minimum Gasteiger partial charge on any atom is -0.480 e. The fraction of sp³-hybridized carbons (Fsp3) is 0.909. The highest BCUT2D eigenvalue weighted by Gasteiger charge is 2.28. The van der Waals surface area contributed by atoms with Crippen LogP contribution in [0.15, 0.2) is 0 Å². The molecule has 0 radical (unpaired) electrons. The molecule has 1 heterocycles. The van der Waals surface area contributed by atoms with Crippen LogP contribution in [0, 0.1) is 0 Å². The van der Waals surface area contributed by atoms with E-state index in [9.17, 15) is 18.3 Å². The molecule has 1 aliphatic heterocycles. The van der Waals surface area contributed by atoms with Gasteiger partial charge in [0.05, 0.1) is 11.5 Å². The molecule has 0 aromatic carbocycles. The van der Waals surface area contributed by atoms with Gasteiger partial charge in [-0.15, -0.1) is 0 Å². The highest BCUT2D eigenvalue weighted by molar-refractivity contribution is 7.91. The van der Waals surface area contributed by atoms with Crippen LogP contribution in [0.5, 0.6) is 0 Å². The van der Waals surface area contributed by atoms with Crippen LogP contribution in [-0.2, 0) is 14.6 Å². The van der Waals surface area contributed by atoms with Crippen LogP contribution in [0.1, 0.15) is 32.6 Å². The van der Waals surface area contributed by atoms with Crippen LogP contribution in [0.25, 0.3) is 0 Å². The van der Waals surface area contributed by atoms with Crippen molar-refractivity contribution in [1.29, 1.82) is 0 Å². The summed E-state index contributed by atoms with van der Waals surface area (Å²) in [6, 6.07) is -0.525. The van der Waals surface area contributed by atoms with Crippen molar-refractivity contribution in [3.63, 3.8) is 0 Å². The fourth-order valence-corrected chi connectivity index (χ4v) is 3.41. The highest BCUT2D eigenvalue weighted by Crippen LogP contribution is 2.13. The van der Waals surface area contributed by atoms with Gasteiger partial charge >= 0.3 is 5.97 Å². The molecule has 1 aliphatic rings. The maximum Gasteiger partial charge on any atom is 0.320 e. The van der Waals surface area contributed by atoms with E-state index in [1.165, 1.54) is 0 Å². The monoisotopic (exact) mass is 263 g/mol. The smallest absolute Gasteiger partial charge is 0.320 e. The van der Waals surface area contributed by atoms with E-state index in [1.807, 2.05) is 11.8 Å². The lowest BCUT2D eigenvalue weighted by atomic mass is 10.1. The number of hydrogen-bond acceptors (Lipinski definition) is 4. The molecule has 1 unspecified atom stereocenters. The van der Waals surface area contributed by atoms with Gasteiger partial charge in [0.25, 0.3) is 0 Å². The Labute approximate surface area is 103 Å². The lowest BCUT2D eigenvalue weighted by Crippen LogP contribution is -2.42. The van der Waals surface area contributed by atoms with Gasteiger partial charge in [0.2, 0.25) is 0 Å². The van der Waals surface area contributed by atoms with E-state index in [4.69, 9.17) is 0 Å². The molecule has 0 saturated carbocycles. The summed E-state index contributed by atoms with van der Waals surface area (Å²) >= 11 is 0. The zero-order chi connectivity index (χ0) is 12.9. The van der Waals surface area contributed by atoms with Crippen molar-refractivity contribution in [1.82, 2.24) is 4.90 Å². The van der Waals surface area contributed by atoms with Crippen LogP contribution < -0.4 is 0 Å². The number of aliphatic carboxylic acids is 1. The average molecular weight is 263 g/mol. The second kappa shape index (κ2) is 6.35. The molecule has 0 aliphatic carbocycles. The average Bonchev–Trinajstić information content (AvgIpc) is 2.40. The minimum absolute atomic E-state index is 0.0862. The third-order valence-electron chi connectivity index (χ3n) is 3.15. The molecule has 17 heavy (non-hydrogen) atoms. The van der Waals surface area contributed by atoms with Crippen LogP contribution in [0.4, 0.5) is 0 Å². The Balaban J connectivity index is 2.64. The van der Waals surface area contributed by atoms with Gasteiger partial charge in [0.15, 0.2) is 9.84 Å². The van der Waals surface area contributed by atoms with Gasteiger partial charge in [-0.3, -0.25) is 9.69 Å². The predicted octanol–water partition coefficient (Wildman–Crippen LogP) is 0.750. The van der Waals surface area contributed by atoms with Crippen molar-refractivity contribution in [3.8, 4) is 0 Å². The second-order valence-corrected chi connectivity index (χ2v) is 6.84. The molecule has 1 N–H and O–H groups in total. The SMILES string of the molecule is CCCCC(C(=O)O)N1CCCS(=O)(=O)CC1. The number of unbranched alkanes of at least 4 members (excludes halogenated alkanes) is 1. The third-order valence-corrected chi connectivity index (χ3v) is 4.86. The first kappa shape index (κ1) is 14.4. The Hall–Kier alpha value is -0.620. The van der Waals surface area contributed by atoms with E-state index in [-0.39, 0.29) is 11.5 Å². The van der Waals surface area contributed by atoms with E-state index in [0.717, 1.165) is 12.8 Å². The van der Waals surface area contributed by atoms with Gasteiger partial charge in [-0.1, -0.05) is 19.8 Å². The van der Waals surface area contributed by atoms with E-state index < -0.39 is 21.8 Å². The van der Waals surface area contributed by atoms with Gasteiger partial charge in [-0.05, 0) is 19.4 Å². The fourth-order valence-electron chi connectivity index (χ4n) is 2.13. The standard InChI is InChI=1S/C11H21NO4S/c1-2-3-5-10(11(13)14)12-6-4-8-17(15,16)9-7-12/h10H,2-9H2,1H3,(H,13,14). The summed E-state index contributed by atoms with van der Waals surface area (Å²) in [5.74, 6) is -0.565. The molecule has 0 aromatic heterocycles. The summed E-state index contributed by atoms with van der Waals surface area (Å²) in [6.07, 6.45) is 2.96. The Morgan fingerprint density at radius 1 is 1.35 bits per heavy atom. The quantitative estimate of drug-likeness (QED) is 0.792. The molecule has 1 fully saturated rings. The van der Waals surface area contributed by atoms with Gasteiger partial charge in [-0.2, -0.15) is 0 Å². The molecular weight excluding hydrogens is 242 g/mol. The lowest BCUT2D eigenvalue weighted by Gasteiger charge is -2.26. The van der Waals surface area contributed by atoms with Crippen LogP contribution in [0.3, 0.4) is 0 Å². The predicted molar refractivity (Wildman–Crippen MR) is 65.8 cm³/mol. The Bertz CT molecular complexity index is 352. The molecular formula is C11H21NO4S. The molecule has 0 spiro atoms. The molecule has 1 saturated heterocycles. The molecule has 5 nitrogen and oxygen atoms in total. The summed E-state index contributed by atoms with van der Waals surface area (Å²) in [5, 5.41) is 9.18. The van der Waals surface area contributed by atoms with Crippen molar-refractivity contribution >= 4 is 15.8 Å². The largest absolute Gasteiger partial charge is 0.480 e. The molecule has 0 aromatic rings. The van der Waals surface area contributed by atoms with Crippen LogP contribution in [0.2, 0.25) is 0 Å². The molecule has 6 heteroatoms.